The molecule has 1 aliphatic heterocycles. The zero-order valence-electron chi connectivity index (χ0n) is 13.0. The predicted octanol–water partition coefficient (Wildman–Crippen LogP) is 4.63. The number of carbonyl (C=O) groups is 1. The van der Waals surface area contributed by atoms with E-state index in [4.69, 9.17) is 0 Å². The molecule has 112 valence electrons. The minimum Gasteiger partial charge on any atom is -0.293 e. The summed E-state index contributed by atoms with van der Waals surface area (Å²) in [5.74, 6) is 0.0856. The van der Waals surface area contributed by atoms with Gasteiger partial charge in [0.15, 0.2) is 11.1 Å². The molecule has 0 fully saturated rings. The Morgan fingerprint density at radius 3 is 1.41 bits per heavy atom. The number of azo groups is 1. The summed E-state index contributed by atoms with van der Waals surface area (Å²) in [4.78, 5) is 13.4. The third-order valence-electron chi connectivity index (χ3n) is 4.67. The molecule has 3 heteroatoms. The van der Waals surface area contributed by atoms with E-state index >= 15 is 0 Å². The minimum absolute atomic E-state index is 0.0856. The molecule has 1 heterocycles. The average molecular weight is 292 g/mol. The summed E-state index contributed by atoms with van der Waals surface area (Å²) in [7, 11) is 0. The van der Waals surface area contributed by atoms with E-state index in [1.165, 1.54) is 0 Å². The number of rotatable bonds is 4. The van der Waals surface area contributed by atoms with Gasteiger partial charge < -0.3 is 0 Å². The Bertz CT molecular complexity index is 636. The molecule has 0 unspecified atom stereocenters. The van der Waals surface area contributed by atoms with Gasteiger partial charge in [-0.15, -0.1) is 0 Å². The summed E-state index contributed by atoms with van der Waals surface area (Å²) in [6.07, 6.45) is 1.24. The van der Waals surface area contributed by atoms with Crippen molar-refractivity contribution in [3.8, 4) is 0 Å². The zero-order chi connectivity index (χ0) is 15.6. The van der Waals surface area contributed by atoms with E-state index in [9.17, 15) is 4.79 Å². The van der Waals surface area contributed by atoms with Crippen LogP contribution in [0, 0.1) is 0 Å². The van der Waals surface area contributed by atoms with Crippen LogP contribution in [0.2, 0.25) is 0 Å². The Hall–Kier alpha value is -2.29. The highest BCUT2D eigenvalue weighted by atomic mass is 16.1. The van der Waals surface area contributed by atoms with Crippen LogP contribution >= 0.6 is 0 Å². The Morgan fingerprint density at radius 2 is 1.09 bits per heavy atom. The molecule has 2 aromatic rings. The first-order valence-electron chi connectivity index (χ1n) is 7.79. The van der Waals surface area contributed by atoms with Crippen molar-refractivity contribution in [2.75, 3.05) is 0 Å². The Kier molecular flexibility index (Phi) is 3.65. The molecule has 0 aromatic heterocycles. The second kappa shape index (κ2) is 5.48. The van der Waals surface area contributed by atoms with Gasteiger partial charge in [-0.05, 0) is 24.0 Å². The standard InChI is InChI=1S/C19H20N2O/c1-3-18(15-11-7-5-8-12-15)17(22)19(4-2,21-20-18)16-13-9-6-10-14-16/h5-14H,3-4H2,1-2H3/t18-,19-/m0/s1. The zero-order valence-corrected chi connectivity index (χ0v) is 13.0. The summed E-state index contributed by atoms with van der Waals surface area (Å²) < 4.78 is 0. The largest absolute Gasteiger partial charge is 0.293 e. The van der Waals surface area contributed by atoms with E-state index in [0.717, 1.165) is 11.1 Å². The second-order valence-electron chi connectivity index (χ2n) is 5.69. The number of hydrogen-bond acceptors (Lipinski definition) is 3. The van der Waals surface area contributed by atoms with Crippen molar-refractivity contribution < 1.29 is 4.79 Å². The molecule has 2 aromatic carbocycles. The van der Waals surface area contributed by atoms with Crippen LogP contribution in [-0.4, -0.2) is 5.78 Å². The maximum atomic E-state index is 13.4. The van der Waals surface area contributed by atoms with Crippen molar-refractivity contribution in [1.29, 1.82) is 0 Å². The van der Waals surface area contributed by atoms with Crippen LogP contribution in [0.3, 0.4) is 0 Å². The number of carbonyl (C=O) groups excluding carboxylic acids is 1. The maximum absolute atomic E-state index is 13.4. The van der Waals surface area contributed by atoms with Crippen molar-refractivity contribution in [2.24, 2.45) is 10.2 Å². The van der Waals surface area contributed by atoms with Gasteiger partial charge in [-0.3, -0.25) is 4.79 Å². The van der Waals surface area contributed by atoms with Crippen molar-refractivity contribution >= 4 is 5.78 Å². The van der Waals surface area contributed by atoms with Gasteiger partial charge in [0.1, 0.15) is 0 Å². The van der Waals surface area contributed by atoms with E-state index in [1.54, 1.807) is 0 Å². The van der Waals surface area contributed by atoms with Gasteiger partial charge in [0.25, 0.3) is 0 Å². The van der Waals surface area contributed by atoms with Crippen LogP contribution in [0.1, 0.15) is 37.8 Å². The lowest BCUT2D eigenvalue weighted by molar-refractivity contribution is -0.127. The van der Waals surface area contributed by atoms with Crippen molar-refractivity contribution in [2.45, 2.75) is 37.8 Å². The number of nitrogens with zero attached hydrogens (tertiary/aromatic N) is 2. The molecule has 0 amide bonds. The topological polar surface area (TPSA) is 41.8 Å². The fourth-order valence-corrected chi connectivity index (χ4v) is 3.28. The van der Waals surface area contributed by atoms with Crippen LogP contribution < -0.4 is 0 Å². The van der Waals surface area contributed by atoms with Crippen LogP contribution in [0.4, 0.5) is 0 Å². The Balaban J connectivity index is 2.13. The highest BCUT2D eigenvalue weighted by Gasteiger charge is 2.56. The highest BCUT2D eigenvalue weighted by molar-refractivity contribution is 5.99. The summed E-state index contributed by atoms with van der Waals surface area (Å²) in [6.45, 7) is 4.00. The van der Waals surface area contributed by atoms with Crippen LogP contribution in [0.5, 0.6) is 0 Å². The van der Waals surface area contributed by atoms with E-state index in [2.05, 4.69) is 10.2 Å². The second-order valence-corrected chi connectivity index (χ2v) is 5.69. The third kappa shape index (κ3) is 1.92. The van der Waals surface area contributed by atoms with E-state index < -0.39 is 11.1 Å². The highest BCUT2D eigenvalue weighted by Crippen LogP contribution is 2.48. The summed E-state index contributed by atoms with van der Waals surface area (Å²) in [5, 5.41) is 9.03. The first-order valence-corrected chi connectivity index (χ1v) is 7.79. The van der Waals surface area contributed by atoms with Crippen molar-refractivity contribution in [3.63, 3.8) is 0 Å². The van der Waals surface area contributed by atoms with Crippen LogP contribution in [0.25, 0.3) is 0 Å². The predicted molar refractivity (Wildman–Crippen MR) is 86.7 cm³/mol. The molecule has 0 radical (unpaired) electrons. The van der Waals surface area contributed by atoms with Crippen LogP contribution in [0.15, 0.2) is 70.9 Å². The van der Waals surface area contributed by atoms with Gasteiger partial charge in [-0.1, -0.05) is 74.5 Å². The molecule has 0 bridgehead atoms. The lowest BCUT2D eigenvalue weighted by Gasteiger charge is -2.28. The van der Waals surface area contributed by atoms with Gasteiger partial charge in [0, 0.05) is 0 Å². The van der Waals surface area contributed by atoms with E-state index in [0.29, 0.717) is 12.8 Å². The quantitative estimate of drug-likeness (QED) is 0.810. The van der Waals surface area contributed by atoms with E-state index in [1.807, 2.05) is 74.5 Å². The smallest absolute Gasteiger partial charge is 0.200 e. The summed E-state index contributed by atoms with van der Waals surface area (Å²) in [5.41, 5.74) is 0.148. The molecule has 0 N–H and O–H groups in total. The van der Waals surface area contributed by atoms with Crippen molar-refractivity contribution in [1.82, 2.24) is 0 Å². The molecule has 2 atom stereocenters. The maximum Gasteiger partial charge on any atom is 0.200 e. The van der Waals surface area contributed by atoms with Gasteiger partial charge in [-0.2, -0.15) is 10.2 Å². The van der Waals surface area contributed by atoms with Crippen LogP contribution in [-0.2, 0) is 15.9 Å². The molecule has 0 saturated heterocycles. The fourth-order valence-electron chi connectivity index (χ4n) is 3.28. The molecule has 3 rings (SSSR count). The summed E-state index contributed by atoms with van der Waals surface area (Å²) >= 11 is 0. The number of hydrogen-bond donors (Lipinski definition) is 0. The molecule has 1 aliphatic rings. The molecule has 0 saturated carbocycles. The summed E-state index contributed by atoms with van der Waals surface area (Å²) in [6, 6.07) is 19.6. The first kappa shape index (κ1) is 14.6. The van der Waals surface area contributed by atoms with Gasteiger partial charge in [-0.25, -0.2) is 0 Å². The minimum atomic E-state index is -0.854. The Labute approximate surface area is 131 Å². The molecule has 0 spiro atoms. The lowest BCUT2D eigenvalue weighted by atomic mass is 9.73. The molecule has 22 heavy (non-hydrogen) atoms. The van der Waals surface area contributed by atoms with Gasteiger partial charge in [0.05, 0.1) is 0 Å². The SMILES string of the molecule is CC[C@@]1(c2ccccc2)N=N[C@@](CC)(c2ccccc2)C1=O. The van der Waals surface area contributed by atoms with Crippen molar-refractivity contribution in [3.05, 3.63) is 71.8 Å². The number of benzene rings is 2. The van der Waals surface area contributed by atoms with Gasteiger partial charge >= 0.3 is 0 Å². The normalized spacial score (nSPS) is 27.3. The van der Waals surface area contributed by atoms with E-state index in [-0.39, 0.29) is 5.78 Å². The Morgan fingerprint density at radius 1 is 0.727 bits per heavy atom. The lowest BCUT2D eigenvalue weighted by Crippen LogP contribution is -2.41. The molecular formula is C19H20N2O. The monoisotopic (exact) mass is 292 g/mol. The number of ketones is 1. The molecule has 3 nitrogen and oxygen atoms in total. The fraction of sp³-hybridized carbons (Fsp3) is 0.316. The molecule has 0 aliphatic carbocycles. The molecular weight excluding hydrogens is 272 g/mol. The first-order chi connectivity index (χ1) is 10.7. The number of Topliss-reactive ketones (excluding diaryl/α,β-unsaturated/α-hetero) is 1. The van der Waals surface area contributed by atoms with Gasteiger partial charge in [0.2, 0.25) is 5.78 Å². The third-order valence-corrected chi connectivity index (χ3v) is 4.67. The average Bonchev–Trinajstić information content (AvgIpc) is 2.90.